The molecule has 0 heterocycles. The van der Waals surface area contributed by atoms with Gasteiger partial charge in [0.2, 0.25) is 0 Å². The van der Waals surface area contributed by atoms with E-state index in [1.54, 1.807) is 20.2 Å². The van der Waals surface area contributed by atoms with Crippen molar-refractivity contribution in [2.75, 3.05) is 19.4 Å². The van der Waals surface area contributed by atoms with Crippen LogP contribution in [0.25, 0.3) is 0 Å². The first-order valence-corrected chi connectivity index (χ1v) is 5.47. The minimum Gasteiger partial charge on any atom is -0.478 e. The summed E-state index contributed by atoms with van der Waals surface area (Å²) in [6, 6.07) is 4.03. The van der Waals surface area contributed by atoms with Gasteiger partial charge < -0.3 is 10.4 Å². The van der Waals surface area contributed by atoms with E-state index in [2.05, 4.69) is 26.7 Å². The van der Waals surface area contributed by atoms with Crippen LogP contribution in [0.15, 0.2) is 22.7 Å². The number of amides is 2. The Hall–Kier alpha value is -1.60. The Bertz CT molecular complexity index is 448. The molecule has 0 aliphatic carbocycles. The summed E-state index contributed by atoms with van der Waals surface area (Å²) >= 11 is 3.21. The smallest absolute Gasteiger partial charge is 0.337 e. The van der Waals surface area contributed by atoms with Crippen LogP contribution in [0.1, 0.15) is 10.4 Å². The number of hydrogen-bond acceptors (Lipinski definition) is 3. The van der Waals surface area contributed by atoms with E-state index in [-0.39, 0.29) is 11.3 Å². The fraction of sp³-hybridized carbons (Fsp3) is 0.200. The Morgan fingerprint density at radius 2 is 2.00 bits per heavy atom. The number of hydrogen-bond donors (Lipinski definition) is 3. The number of nitrogens with one attached hydrogen (secondary N) is 2. The van der Waals surface area contributed by atoms with Gasteiger partial charge in [0.05, 0.1) is 11.3 Å². The zero-order chi connectivity index (χ0) is 13.0. The molecule has 0 unspecified atom stereocenters. The first kappa shape index (κ1) is 13.5. The van der Waals surface area contributed by atoms with Crippen LogP contribution in [0.3, 0.4) is 0 Å². The summed E-state index contributed by atoms with van der Waals surface area (Å²) in [6.45, 7) is 0. The minimum atomic E-state index is -1.10. The lowest BCUT2D eigenvalue weighted by Crippen LogP contribution is -2.39. The van der Waals surface area contributed by atoms with Gasteiger partial charge in [-0.25, -0.2) is 14.6 Å². The Labute approximate surface area is 107 Å². The number of carboxylic acids is 1. The second kappa shape index (κ2) is 5.65. The van der Waals surface area contributed by atoms with Crippen molar-refractivity contribution < 1.29 is 14.7 Å². The van der Waals surface area contributed by atoms with Crippen molar-refractivity contribution in [1.82, 2.24) is 10.4 Å². The fourth-order valence-electron chi connectivity index (χ4n) is 1.16. The lowest BCUT2D eigenvalue weighted by atomic mass is 10.2. The highest BCUT2D eigenvalue weighted by molar-refractivity contribution is 9.10. The third-order valence-corrected chi connectivity index (χ3v) is 2.28. The van der Waals surface area contributed by atoms with Gasteiger partial charge in [-0.1, -0.05) is 15.9 Å². The summed E-state index contributed by atoms with van der Waals surface area (Å²) in [4.78, 5) is 22.4. The van der Waals surface area contributed by atoms with Crippen LogP contribution in [0.5, 0.6) is 0 Å². The number of hydrazine groups is 1. The fourth-order valence-corrected chi connectivity index (χ4v) is 1.52. The number of halogens is 1. The summed E-state index contributed by atoms with van der Waals surface area (Å²) in [5, 5.41) is 12.9. The van der Waals surface area contributed by atoms with Gasteiger partial charge in [-0.15, -0.1) is 0 Å². The number of nitrogens with zero attached hydrogens (tertiary/aromatic N) is 1. The van der Waals surface area contributed by atoms with Crippen molar-refractivity contribution in [3.05, 3.63) is 28.2 Å². The molecular formula is C10H12BrN3O3. The van der Waals surface area contributed by atoms with Crippen LogP contribution >= 0.6 is 15.9 Å². The van der Waals surface area contributed by atoms with E-state index in [0.717, 1.165) is 0 Å². The summed E-state index contributed by atoms with van der Waals surface area (Å²) < 4.78 is 0.683. The molecule has 0 spiro atoms. The predicted molar refractivity (Wildman–Crippen MR) is 66.9 cm³/mol. The molecule has 1 aromatic carbocycles. The van der Waals surface area contributed by atoms with Crippen LogP contribution in [-0.4, -0.2) is 36.2 Å². The third kappa shape index (κ3) is 4.04. The van der Waals surface area contributed by atoms with E-state index < -0.39 is 12.0 Å². The first-order chi connectivity index (χ1) is 7.90. The van der Waals surface area contributed by atoms with Crippen LogP contribution in [-0.2, 0) is 0 Å². The number of carbonyl (C=O) groups is 2. The number of rotatable bonds is 3. The zero-order valence-electron chi connectivity index (χ0n) is 9.32. The molecule has 0 aromatic heterocycles. The molecule has 1 aromatic rings. The topological polar surface area (TPSA) is 81.7 Å². The second-order valence-electron chi connectivity index (χ2n) is 3.46. The van der Waals surface area contributed by atoms with Gasteiger partial charge in [0, 0.05) is 18.6 Å². The Kier molecular flexibility index (Phi) is 4.47. The van der Waals surface area contributed by atoms with Gasteiger partial charge in [-0.2, -0.15) is 0 Å². The van der Waals surface area contributed by atoms with Crippen LogP contribution < -0.4 is 10.7 Å². The third-order valence-electron chi connectivity index (χ3n) is 1.79. The van der Waals surface area contributed by atoms with Crippen LogP contribution in [0, 0.1) is 0 Å². The van der Waals surface area contributed by atoms with Crippen molar-refractivity contribution >= 4 is 33.6 Å². The molecule has 6 nitrogen and oxygen atoms in total. The Balaban J connectivity index is 2.92. The van der Waals surface area contributed by atoms with E-state index in [1.807, 2.05) is 0 Å². The number of benzene rings is 1. The highest BCUT2D eigenvalue weighted by atomic mass is 79.9. The lowest BCUT2D eigenvalue weighted by molar-refractivity contribution is 0.0698. The molecule has 0 saturated carbocycles. The highest BCUT2D eigenvalue weighted by Crippen LogP contribution is 2.21. The van der Waals surface area contributed by atoms with E-state index >= 15 is 0 Å². The Morgan fingerprint density at radius 3 is 2.53 bits per heavy atom. The molecule has 0 bridgehead atoms. The molecule has 0 atom stereocenters. The normalized spacial score (nSPS) is 10.1. The van der Waals surface area contributed by atoms with Gasteiger partial charge >= 0.3 is 12.0 Å². The average molecular weight is 302 g/mol. The molecule has 2 amide bonds. The predicted octanol–water partition coefficient (Wildman–Crippen LogP) is 1.75. The molecule has 0 radical (unpaired) electrons. The SMILES string of the molecule is CN(C)NC(=O)Nc1cc(Br)ccc1C(=O)O. The molecular weight excluding hydrogens is 290 g/mol. The van der Waals surface area contributed by atoms with E-state index in [0.29, 0.717) is 4.47 Å². The quantitative estimate of drug-likeness (QED) is 0.743. The summed E-state index contributed by atoms with van der Waals surface area (Å²) in [7, 11) is 3.30. The molecule has 17 heavy (non-hydrogen) atoms. The van der Waals surface area contributed by atoms with E-state index in [9.17, 15) is 9.59 Å². The standard InChI is InChI=1S/C10H12BrN3O3/c1-14(2)13-10(17)12-8-5-6(11)3-4-7(8)9(15)16/h3-5H,1-2H3,(H,15,16)(H2,12,13,17). The number of urea groups is 1. The van der Waals surface area contributed by atoms with Crippen molar-refractivity contribution in [1.29, 1.82) is 0 Å². The maximum Gasteiger partial charge on any atom is 0.337 e. The molecule has 0 fully saturated rings. The highest BCUT2D eigenvalue weighted by Gasteiger charge is 2.12. The van der Waals surface area contributed by atoms with Gasteiger partial charge in [0.15, 0.2) is 0 Å². The van der Waals surface area contributed by atoms with E-state index in [4.69, 9.17) is 5.11 Å². The van der Waals surface area contributed by atoms with Gasteiger partial charge in [0.25, 0.3) is 0 Å². The lowest BCUT2D eigenvalue weighted by Gasteiger charge is -2.14. The maximum absolute atomic E-state index is 11.4. The molecule has 1 rings (SSSR count). The number of aromatic carboxylic acids is 1. The maximum atomic E-state index is 11.4. The van der Waals surface area contributed by atoms with Gasteiger partial charge in [0.1, 0.15) is 0 Å². The summed E-state index contributed by atoms with van der Waals surface area (Å²) in [5.74, 6) is -1.10. The van der Waals surface area contributed by atoms with Gasteiger partial charge in [-0.05, 0) is 18.2 Å². The minimum absolute atomic E-state index is 0.0297. The average Bonchev–Trinajstić information content (AvgIpc) is 2.15. The van der Waals surface area contributed by atoms with Crippen molar-refractivity contribution in [2.24, 2.45) is 0 Å². The van der Waals surface area contributed by atoms with Crippen molar-refractivity contribution in [2.45, 2.75) is 0 Å². The van der Waals surface area contributed by atoms with Crippen LogP contribution in [0.4, 0.5) is 10.5 Å². The second-order valence-corrected chi connectivity index (χ2v) is 4.37. The molecule has 0 aliphatic heterocycles. The van der Waals surface area contributed by atoms with Gasteiger partial charge in [-0.3, -0.25) is 5.43 Å². The first-order valence-electron chi connectivity index (χ1n) is 4.68. The zero-order valence-corrected chi connectivity index (χ0v) is 10.9. The molecule has 0 aliphatic rings. The number of carboxylic acid groups (broad SMARTS) is 1. The van der Waals surface area contributed by atoms with Crippen LogP contribution in [0.2, 0.25) is 0 Å². The largest absolute Gasteiger partial charge is 0.478 e. The Morgan fingerprint density at radius 1 is 1.35 bits per heavy atom. The molecule has 3 N–H and O–H groups in total. The summed E-state index contributed by atoms with van der Waals surface area (Å²) in [5.41, 5.74) is 2.71. The monoisotopic (exact) mass is 301 g/mol. The molecule has 0 saturated heterocycles. The number of anilines is 1. The molecule has 7 heteroatoms. The summed E-state index contributed by atoms with van der Waals surface area (Å²) in [6.07, 6.45) is 0. The van der Waals surface area contributed by atoms with Crippen molar-refractivity contribution in [3.8, 4) is 0 Å². The molecule has 92 valence electrons. The number of carbonyl (C=O) groups excluding carboxylic acids is 1. The van der Waals surface area contributed by atoms with E-state index in [1.165, 1.54) is 17.1 Å². The van der Waals surface area contributed by atoms with Crippen molar-refractivity contribution in [3.63, 3.8) is 0 Å².